The summed E-state index contributed by atoms with van der Waals surface area (Å²) < 4.78 is 1.31. The maximum absolute atomic E-state index is 12.9. The Morgan fingerprint density at radius 2 is 1.82 bits per heavy atom. The molecule has 0 unspecified atom stereocenters. The zero-order valence-corrected chi connectivity index (χ0v) is 19.8. The number of piperazine rings is 1. The molecule has 1 aromatic carbocycles. The van der Waals surface area contributed by atoms with Gasteiger partial charge in [0, 0.05) is 37.4 Å². The number of benzene rings is 1. The van der Waals surface area contributed by atoms with Crippen molar-refractivity contribution < 1.29 is 14.4 Å². The molecule has 4 amide bonds. The van der Waals surface area contributed by atoms with Gasteiger partial charge in [-0.1, -0.05) is 25.1 Å². The topological polar surface area (TPSA) is 85.0 Å². The minimum Gasteiger partial charge on any atom is -0.322 e. The second-order valence-electron chi connectivity index (χ2n) is 9.68. The van der Waals surface area contributed by atoms with Crippen LogP contribution in [0.1, 0.15) is 38.2 Å². The second kappa shape index (κ2) is 9.04. The van der Waals surface area contributed by atoms with E-state index < -0.39 is 11.6 Å². The van der Waals surface area contributed by atoms with Crippen LogP contribution in [-0.2, 0) is 16.1 Å². The standard InChI is InChI=1S/C24H31N5O3S/c1-17-6-8-24(9-7-17)22(31)29(23(32)25-24)26-21(30)15-28-12-10-27(11-13-28)14-18-16-33-20-5-3-2-4-19(18)20/h2-5,16-17H,6-15H2,1H3,(H,25,32)(H,26,30). The first kappa shape index (κ1) is 22.3. The Balaban J connectivity index is 1.10. The number of nitrogens with one attached hydrogen (secondary N) is 2. The van der Waals surface area contributed by atoms with Crippen molar-refractivity contribution in [2.45, 2.75) is 44.7 Å². The SMILES string of the molecule is CC1CCC2(CC1)NC(=O)N(NC(=O)CN1CCN(Cc3csc4ccccc34)CC1)C2=O. The van der Waals surface area contributed by atoms with Crippen molar-refractivity contribution in [1.29, 1.82) is 0 Å². The number of carbonyl (C=O) groups excluding carboxylic acids is 3. The Kier molecular flexibility index (Phi) is 6.11. The third-order valence-electron chi connectivity index (χ3n) is 7.31. The molecule has 3 aliphatic rings. The highest BCUT2D eigenvalue weighted by atomic mass is 32.1. The van der Waals surface area contributed by atoms with Crippen LogP contribution in [0.25, 0.3) is 10.1 Å². The Morgan fingerprint density at radius 3 is 2.58 bits per heavy atom. The third kappa shape index (κ3) is 4.49. The Bertz CT molecular complexity index is 1050. The number of hydrogen-bond acceptors (Lipinski definition) is 6. The first-order chi connectivity index (χ1) is 15.9. The van der Waals surface area contributed by atoms with Crippen molar-refractivity contribution in [3.8, 4) is 0 Å². The molecule has 2 N–H and O–H groups in total. The van der Waals surface area contributed by atoms with E-state index in [0.29, 0.717) is 18.8 Å². The van der Waals surface area contributed by atoms with Crippen LogP contribution >= 0.6 is 11.3 Å². The van der Waals surface area contributed by atoms with Crippen LogP contribution in [0.15, 0.2) is 29.6 Å². The largest absolute Gasteiger partial charge is 0.344 e. The summed E-state index contributed by atoms with van der Waals surface area (Å²) in [6.07, 6.45) is 3.07. The zero-order valence-electron chi connectivity index (χ0n) is 19.0. The van der Waals surface area contributed by atoms with Crippen molar-refractivity contribution in [3.05, 3.63) is 35.2 Å². The van der Waals surface area contributed by atoms with Crippen molar-refractivity contribution in [2.75, 3.05) is 32.7 Å². The van der Waals surface area contributed by atoms with Gasteiger partial charge in [-0.25, -0.2) is 4.79 Å². The van der Waals surface area contributed by atoms with Crippen LogP contribution in [0, 0.1) is 5.92 Å². The number of rotatable bonds is 5. The summed E-state index contributed by atoms with van der Waals surface area (Å²) in [6, 6.07) is 7.96. The Morgan fingerprint density at radius 1 is 1.12 bits per heavy atom. The van der Waals surface area contributed by atoms with Gasteiger partial charge in [0.15, 0.2) is 0 Å². The van der Waals surface area contributed by atoms with E-state index >= 15 is 0 Å². The molecule has 5 rings (SSSR count). The molecule has 2 aliphatic heterocycles. The number of thiophene rings is 1. The maximum atomic E-state index is 12.9. The summed E-state index contributed by atoms with van der Waals surface area (Å²) in [6.45, 7) is 6.55. The molecule has 9 heteroatoms. The summed E-state index contributed by atoms with van der Waals surface area (Å²) in [5, 5.41) is 7.30. The fraction of sp³-hybridized carbons (Fsp3) is 0.542. The van der Waals surface area contributed by atoms with E-state index in [-0.39, 0.29) is 18.4 Å². The summed E-state index contributed by atoms with van der Waals surface area (Å²) in [4.78, 5) is 42.5. The van der Waals surface area contributed by atoms with Gasteiger partial charge in [0.05, 0.1) is 6.54 Å². The van der Waals surface area contributed by atoms with Crippen molar-refractivity contribution in [3.63, 3.8) is 0 Å². The van der Waals surface area contributed by atoms with Gasteiger partial charge in [0.25, 0.3) is 11.8 Å². The Hall–Kier alpha value is -2.49. The summed E-state index contributed by atoms with van der Waals surface area (Å²) in [7, 11) is 0. The van der Waals surface area contributed by atoms with E-state index in [1.807, 2.05) is 0 Å². The predicted octanol–water partition coefficient (Wildman–Crippen LogP) is 2.55. The predicted molar refractivity (Wildman–Crippen MR) is 127 cm³/mol. The van der Waals surface area contributed by atoms with Crippen LogP contribution in [0.4, 0.5) is 4.79 Å². The minimum absolute atomic E-state index is 0.177. The molecule has 0 atom stereocenters. The lowest BCUT2D eigenvalue weighted by Crippen LogP contribution is -2.54. The van der Waals surface area contributed by atoms with Gasteiger partial charge < -0.3 is 5.32 Å². The van der Waals surface area contributed by atoms with E-state index in [0.717, 1.165) is 50.6 Å². The summed E-state index contributed by atoms with van der Waals surface area (Å²) in [5.41, 5.74) is 3.07. The minimum atomic E-state index is -0.839. The van der Waals surface area contributed by atoms with Crippen molar-refractivity contribution in [2.24, 2.45) is 5.92 Å². The van der Waals surface area contributed by atoms with Gasteiger partial charge in [0.1, 0.15) is 5.54 Å². The molecule has 1 saturated carbocycles. The number of imide groups is 1. The van der Waals surface area contributed by atoms with Crippen LogP contribution in [0.3, 0.4) is 0 Å². The average molecular weight is 470 g/mol. The zero-order chi connectivity index (χ0) is 23.0. The highest BCUT2D eigenvalue weighted by Crippen LogP contribution is 2.35. The lowest BCUT2D eigenvalue weighted by Gasteiger charge is -2.34. The number of hydrogen-bond donors (Lipinski definition) is 2. The third-order valence-corrected chi connectivity index (χ3v) is 8.33. The molecule has 1 spiro atoms. The molecule has 0 bridgehead atoms. The summed E-state index contributed by atoms with van der Waals surface area (Å²) in [5.74, 6) is -0.0846. The van der Waals surface area contributed by atoms with Crippen LogP contribution in [-0.4, -0.2) is 70.9 Å². The van der Waals surface area contributed by atoms with E-state index in [9.17, 15) is 14.4 Å². The van der Waals surface area contributed by atoms with Crippen LogP contribution in [0.2, 0.25) is 0 Å². The van der Waals surface area contributed by atoms with Gasteiger partial charge in [-0.2, -0.15) is 5.01 Å². The molecule has 176 valence electrons. The summed E-state index contributed by atoms with van der Waals surface area (Å²) >= 11 is 1.78. The monoisotopic (exact) mass is 469 g/mol. The fourth-order valence-electron chi connectivity index (χ4n) is 5.18. The molecular weight excluding hydrogens is 438 g/mol. The molecule has 3 fully saturated rings. The average Bonchev–Trinajstić information content (AvgIpc) is 3.32. The normalized spacial score (nSPS) is 26.8. The van der Waals surface area contributed by atoms with Gasteiger partial charge >= 0.3 is 6.03 Å². The molecule has 2 aromatic rings. The Labute approximate surface area is 197 Å². The highest BCUT2D eigenvalue weighted by molar-refractivity contribution is 7.17. The van der Waals surface area contributed by atoms with E-state index in [1.54, 1.807) is 11.3 Å². The van der Waals surface area contributed by atoms with Gasteiger partial charge in [-0.3, -0.25) is 24.8 Å². The lowest BCUT2D eigenvalue weighted by molar-refractivity contribution is -0.140. The number of hydrazine groups is 1. The molecule has 1 aliphatic carbocycles. The second-order valence-corrected chi connectivity index (χ2v) is 10.6. The number of fused-ring (bicyclic) bond motifs is 1. The molecule has 8 nitrogen and oxygen atoms in total. The van der Waals surface area contributed by atoms with Gasteiger partial charge in [-0.05, 0) is 54.0 Å². The quantitative estimate of drug-likeness (QED) is 0.658. The maximum Gasteiger partial charge on any atom is 0.344 e. The van der Waals surface area contributed by atoms with Crippen LogP contribution in [0.5, 0.6) is 0 Å². The van der Waals surface area contributed by atoms with Crippen molar-refractivity contribution in [1.82, 2.24) is 25.6 Å². The van der Waals surface area contributed by atoms with Gasteiger partial charge in [-0.15, -0.1) is 11.3 Å². The van der Waals surface area contributed by atoms with E-state index in [2.05, 4.69) is 57.1 Å². The number of nitrogens with zero attached hydrogens (tertiary/aromatic N) is 3. The fourth-order valence-corrected chi connectivity index (χ4v) is 6.13. The number of amides is 4. The molecule has 3 heterocycles. The number of carbonyl (C=O) groups is 3. The molecule has 2 saturated heterocycles. The van der Waals surface area contributed by atoms with E-state index in [1.165, 1.54) is 15.6 Å². The van der Waals surface area contributed by atoms with Crippen LogP contribution < -0.4 is 10.7 Å². The number of urea groups is 1. The first-order valence-electron chi connectivity index (χ1n) is 11.8. The molecule has 1 aromatic heterocycles. The molecule has 0 radical (unpaired) electrons. The lowest BCUT2D eigenvalue weighted by atomic mass is 9.77. The highest BCUT2D eigenvalue weighted by Gasteiger charge is 2.52. The van der Waals surface area contributed by atoms with Crippen molar-refractivity contribution >= 4 is 39.3 Å². The smallest absolute Gasteiger partial charge is 0.322 e. The first-order valence-corrected chi connectivity index (χ1v) is 12.7. The molecular formula is C24H31N5O3S. The van der Waals surface area contributed by atoms with Gasteiger partial charge in [0.2, 0.25) is 0 Å². The molecule has 33 heavy (non-hydrogen) atoms. The van der Waals surface area contributed by atoms with E-state index in [4.69, 9.17) is 0 Å².